The van der Waals surface area contributed by atoms with Crippen LogP contribution in [0, 0.1) is 0 Å². The van der Waals surface area contributed by atoms with Gasteiger partial charge in [-0.1, -0.05) is 17.3 Å². The van der Waals surface area contributed by atoms with Gasteiger partial charge in [-0.15, -0.1) is 5.10 Å². The highest BCUT2D eigenvalue weighted by atomic mass is 16.5. The number of carbonyl (C=O) groups is 1. The minimum absolute atomic E-state index is 0.110. The fourth-order valence-corrected chi connectivity index (χ4v) is 2.68. The van der Waals surface area contributed by atoms with E-state index < -0.39 is 0 Å². The van der Waals surface area contributed by atoms with Gasteiger partial charge in [-0.25, -0.2) is 4.68 Å². The lowest BCUT2D eigenvalue weighted by molar-refractivity contribution is -0.121. The number of hydrogen-bond acceptors (Lipinski definition) is 6. The fraction of sp³-hybridized carbons (Fsp3) is 0.263. The Hall–Kier alpha value is -3.42. The maximum atomic E-state index is 12.4. The number of aromatic nitrogens is 3. The van der Waals surface area contributed by atoms with Crippen LogP contribution in [0.3, 0.4) is 0 Å². The zero-order valence-corrected chi connectivity index (χ0v) is 15.1. The van der Waals surface area contributed by atoms with E-state index in [1.54, 1.807) is 56.7 Å². The van der Waals surface area contributed by atoms with Crippen molar-refractivity contribution in [3.63, 3.8) is 0 Å². The van der Waals surface area contributed by atoms with Gasteiger partial charge in [0.2, 0.25) is 5.91 Å². The molecule has 3 aromatic rings. The second kappa shape index (κ2) is 8.31. The zero-order valence-electron chi connectivity index (χ0n) is 15.1. The van der Waals surface area contributed by atoms with Crippen molar-refractivity contribution < 1.29 is 14.3 Å². The normalized spacial score (nSPS) is 10.6. The van der Waals surface area contributed by atoms with Gasteiger partial charge in [0.15, 0.2) is 0 Å². The van der Waals surface area contributed by atoms with Crippen LogP contribution in [0.15, 0.2) is 47.3 Å². The molecule has 0 fully saturated rings. The molecule has 0 radical (unpaired) electrons. The fourth-order valence-electron chi connectivity index (χ4n) is 2.68. The molecule has 140 valence electrons. The van der Waals surface area contributed by atoms with Crippen molar-refractivity contribution in [1.29, 1.82) is 0 Å². The molecule has 0 saturated carbocycles. The summed E-state index contributed by atoms with van der Waals surface area (Å²) in [7, 11) is 3.14. The summed E-state index contributed by atoms with van der Waals surface area (Å²) in [4.78, 5) is 24.5. The topological polar surface area (TPSA) is 95.3 Å². The van der Waals surface area contributed by atoms with Gasteiger partial charge in [-0.2, -0.15) is 0 Å². The van der Waals surface area contributed by atoms with Crippen molar-refractivity contribution in [2.75, 3.05) is 14.2 Å². The minimum atomic E-state index is -0.261. The van der Waals surface area contributed by atoms with Gasteiger partial charge in [-0.3, -0.25) is 9.59 Å². The van der Waals surface area contributed by atoms with E-state index >= 15 is 0 Å². The highest BCUT2D eigenvalue weighted by molar-refractivity contribution is 5.77. The maximum Gasteiger partial charge on any atom is 0.277 e. The molecule has 1 N–H and O–H groups in total. The van der Waals surface area contributed by atoms with E-state index in [0.29, 0.717) is 22.4 Å². The number of amides is 1. The van der Waals surface area contributed by atoms with Crippen LogP contribution in [0.2, 0.25) is 0 Å². The molecule has 2 aromatic carbocycles. The summed E-state index contributed by atoms with van der Waals surface area (Å²) in [5.74, 6) is 1.13. The molecule has 0 bridgehead atoms. The average molecular weight is 368 g/mol. The first-order chi connectivity index (χ1) is 13.1. The number of benzene rings is 2. The van der Waals surface area contributed by atoms with Crippen LogP contribution in [-0.2, 0) is 17.9 Å². The predicted molar refractivity (Wildman–Crippen MR) is 99.8 cm³/mol. The molecular formula is C19H20N4O4. The van der Waals surface area contributed by atoms with Crippen molar-refractivity contribution in [2.45, 2.75) is 19.5 Å². The summed E-state index contributed by atoms with van der Waals surface area (Å²) in [5, 5.41) is 11.2. The second-order valence-electron chi connectivity index (χ2n) is 5.84. The number of nitrogens with one attached hydrogen (secondary N) is 1. The summed E-state index contributed by atoms with van der Waals surface area (Å²) in [6.07, 6.45) is 0.110. The first kappa shape index (κ1) is 18.4. The number of rotatable bonds is 7. The third-order valence-electron chi connectivity index (χ3n) is 4.14. The van der Waals surface area contributed by atoms with E-state index in [1.807, 2.05) is 0 Å². The predicted octanol–water partition coefficient (Wildman–Crippen LogP) is 1.52. The Morgan fingerprint density at radius 3 is 2.74 bits per heavy atom. The summed E-state index contributed by atoms with van der Waals surface area (Å²) in [5.41, 5.74) is 1.07. The van der Waals surface area contributed by atoms with Crippen LogP contribution in [0.5, 0.6) is 11.5 Å². The Bertz CT molecular complexity index is 1020. The van der Waals surface area contributed by atoms with Crippen molar-refractivity contribution >= 4 is 16.8 Å². The number of aryl methyl sites for hydroxylation is 1. The third-order valence-corrected chi connectivity index (χ3v) is 4.14. The standard InChI is InChI=1S/C19H20N4O4/c1-26-14-7-8-17(27-2)13(11-14)12-20-18(24)9-10-23-19(25)15-5-3-4-6-16(15)21-22-23/h3-8,11H,9-10,12H2,1-2H3,(H,20,24). The van der Waals surface area contributed by atoms with Crippen molar-refractivity contribution in [2.24, 2.45) is 0 Å². The third kappa shape index (κ3) is 4.22. The molecule has 0 aliphatic rings. The summed E-state index contributed by atoms with van der Waals surface area (Å²) in [6.45, 7) is 0.440. The van der Waals surface area contributed by atoms with Crippen LogP contribution < -0.4 is 20.3 Å². The smallest absolute Gasteiger partial charge is 0.277 e. The molecule has 1 amide bonds. The Labute approximate surface area is 155 Å². The first-order valence-corrected chi connectivity index (χ1v) is 8.42. The largest absolute Gasteiger partial charge is 0.497 e. The zero-order chi connectivity index (χ0) is 19.2. The van der Waals surface area contributed by atoms with Gasteiger partial charge in [0.05, 0.1) is 26.2 Å². The van der Waals surface area contributed by atoms with E-state index in [0.717, 1.165) is 5.56 Å². The molecule has 0 saturated heterocycles. The molecule has 0 aliphatic carbocycles. The lowest BCUT2D eigenvalue weighted by Crippen LogP contribution is -2.29. The van der Waals surface area contributed by atoms with E-state index in [2.05, 4.69) is 15.6 Å². The Morgan fingerprint density at radius 1 is 1.15 bits per heavy atom. The molecular weight excluding hydrogens is 348 g/mol. The first-order valence-electron chi connectivity index (χ1n) is 8.42. The molecule has 8 nitrogen and oxygen atoms in total. The number of fused-ring (bicyclic) bond motifs is 1. The molecule has 1 heterocycles. The molecule has 0 spiro atoms. The van der Waals surface area contributed by atoms with Gasteiger partial charge < -0.3 is 14.8 Å². The number of nitrogens with zero attached hydrogens (tertiary/aromatic N) is 3. The van der Waals surface area contributed by atoms with Gasteiger partial charge >= 0.3 is 0 Å². The number of carbonyl (C=O) groups excluding carboxylic acids is 1. The molecule has 3 rings (SSSR count). The molecule has 27 heavy (non-hydrogen) atoms. The molecule has 0 unspecified atom stereocenters. The average Bonchev–Trinajstić information content (AvgIpc) is 2.71. The lowest BCUT2D eigenvalue weighted by atomic mass is 10.2. The van der Waals surface area contributed by atoms with E-state index in [4.69, 9.17) is 9.47 Å². The number of methoxy groups -OCH3 is 2. The Balaban J connectivity index is 1.62. The lowest BCUT2D eigenvalue weighted by Gasteiger charge is -2.11. The van der Waals surface area contributed by atoms with E-state index in [-0.39, 0.29) is 31.0 Å². The van der Waals surface area contributed by atoms with Gasteiger partial charge in [-0.05, 0) is 30.3 Å². The van der Waals surface area contributed by atoms with Crippen LogP contribution in [0.1, 0.15) is 12.0 Å². The number of ether oxygens (including phenoxy) is 2. The summed E-state index contributed by atoms with van der Waals surface area (Å²) in [6, 6.07) is 12.4. The van der Waals surface area contributed by atoms with Crippen LogP contribution in [0.4, 0.5) is 0 Å². The number of hydrogen-bond donors (Lipinski definition) is 1. The van der Waals surface area contributed by atoms with Crippen LogP contribution >= 0.6 is 0 Å². The molecule has 8 heteroatoms. The highest BCUT2D eigenvalue weighted by Gasteiger charge is 2.10. The van der Waals surface area contributed by atoms with Crippen molar-refractivity contribution in [1.82, 2.24) is 20.3 Å². The highest BCUT2D eigenvalue weighted by Crippen LogP contribution is 2.23. The monoisotopic (exact) mass is 368 g/mol. The van der Waals surface area contributed by atoms with Gasteiger partial charge in [0, 0.05) is 18.5 Å². The Kier molecular flexibility index (Phi) is 5.65. The Morgan fingerprint density at radius 2 is 1.96 bits per heavy atom. The maximum absolute atomic E-state index is 12.4. The van der Waals surface area contributed by atoms with E-state index in [9.17, 15) is 9.59 Å². The summed E-state index contributed by atoms with van der Waals surface area (Å²) < 4.78 is 11.7. The van der Waals surface area contributed by atoms with E-state index in [1.165, 1.54) is 4.68 Å². The SMILES string of the molecule is COc1ccc(OC)c(CNC(=O)CCn2nnc3ccccc3c2=O)c1. The van der Waals surface area contributed by atoms with Gasteiger partial charge in [0.25, 0.3) is 5.56 Å². The minimum Gasteiger partial charge on any atom is -0.497 e. The summed E-state index contributed by atoms with van der Waals surface area (Å²) >= 11 is 0. The molecule has 0 atom stereocenters. The van der Waals surface area contributed by atoms with Crippen LogP contribution in [0.25, 0.3) is 10.9 Å². The van der Waals surface area contributed by atoms with Crippen molar-refractivity contribution in [3.05, 3.63) is 58.4 Å². The van der Waals surface area contributed by atoms with Gasteiger partial charge in [0.1, 0.15) is 17.0 Å². The van der Waals surface area contributed by atoms with Crippen molar-refractivity contribution in [3.8, 4) is 11.5 Å². The second-order valence-corrected chi connectivity index (χ2v) is 5.84. The molecule has 1 aromatic heterocycles. The molecule has 0 aliphatic heterocycles. The quantitative estimate of drug-likeness (QED) is 0.679. The van der Waals surface area contributed by atoms with Crippen LogP contribution in [-0.4, -0.2) is 35.1 Å².